The lowest BCUT2D eigenvalue weighted by Gasteiger charge is -2.33. The molecule has 1 amide bonds. The summed E-state index contributed by atoms with van der Waals surface area (Å²) in [4.78, 5) is 26.0. The highest BCUT2D eigenvalue weighted by atomic mass is 32.2. The minimum atomic E-state index is -6.35. The fourth-order valence-corrected chi connectivity index (χ4v) is 8.68. The molecule has 252 valence electrons. The monoisotopic (exact) mass is 685 g/mol. The Kier molecular flexibility index (Phi) is 8.97. The number of carboxylic acid groups (broad SMARTS) is 1. The second kappa shape index (κ2) is 12.3. The summed E-state index contributed by atoms with van der Waals surface area (Å²) in [5.74, 6) is -2.58. The number of amides is 1. The molecule has 47 heavy (non-hydrogen) atoms. The molecule has 6 nitrogen and oxygen atoms in total. The van der Waals surface area contributed by atoms with Gasteiger partial charge in [-0.05, 0) is 60.9 Å². The van der Waals surface area contributed by atoms with Crippen LogP contribution in [0.15, 0.2) is 83.8 Å². The predicted molar refractivity (Wildman–Crippen MR) is 156 cm³/mol. The number of halogens is 7. The molecule has 0 bridgehead atoms. The summed E-state index contributed by atoms with van der Waals surface area (Å²) >= 11 is 0. The highest BCUT2D eigenvalue weighted by molar-refractivity contribution is 7.92. The Balaban J connectivity index is 1.54. The van der Waals surface area contributed by atoms with Crippen LogP contribution in [0.3, 0.4) is 0 Å². The molecule has 1 saturated carbocycles. The average molecular weight is 686 g/mol. The Bertz CT molecular complexity index is 1700. The fraction of sp³-hybridized carbons (Fsp3) is 0.394. The standard InChI is InChI=1S/C33H30F7NO5S/c34-31(32(35,36)37,33(38,39)40)26-14-12-25(13-15-26)30(18-19-41(20-30)28(42)23-6-8-24(9-7-23)29(43)44)47(45,46)27-16-10-22(11-17-27)21-4-2-1-3-5-21/h1-5,10-17,23-24H,6-9,18-20H2,(H,43,44)/t23?,24?,30-/m0/s1. The minimum Gasteiger partial charge on any atom is -0.481 e. The summed E-state index contributed by atoms with van der Waals surface area (Å²) in [6.45, 7) is -0.564. The van der Waals surface area contributed by atoms with E-state index in [-0.39, 0.29) is 61.2 Å². The molecule has 0 unspecified atom stereocenters. The highest BCUT2D eigenvalue weighted by Gasteiger charge is 2.73. The van der Waals surface area contributed by atoms with Crippen molar-refractivity contribution in [2.24, 2.45) is 11.8 Å². The van der Waals surface area contributed by atoms with Gasteiger partial charge >= 0.3 is 24.0 Å². The lowest BCUT2D eigenvalue weighted by Crippen LogP contribution is -2.50. The number of benzene rings is 3. The smallest absolute Gasteiger partial charge is 0.435 e. The van der Waals surface area contributed by atoms with Crippen LogP contribution in [0.4, 0.5) is 30.7 Å². The minimum absolute atomic E-state index is 0.0983. The molecule has 3 aromatic rings. The SMILES string of the molecule is O=C(O)C1CCC(C(=O)N2CC[C@](c3ccc(C(F)(C(F)(F)F)C(F)(F)F)cc3)(S(=O)(=O)c3ccc(-c4ccccc4)cc3)C2)CC1. The molecule has 1 aliphatic heterocycles. The van der Waals surface area contributed by atoms with Gasteiger partial charge in [-0.25, -0.2) is 12.8 Å². The van der Waals surface area contributed by atoms with Gasteiger partial charge in [0.15, 0.2) is 9.84 Å². The first-order valence-corrected chi connectivity index (χ1v) is 16.3. The molecule has 1 saturated heterocycles. The van der Waals surface area contributed by atoms with Crippen molar-refractivity contribution in [1.82, 2.24) is 4.90 Å². The van der Waals surface area contributed by atoms with Crippen molar-refractivity contribution in [3.05, 3.63) is 90.0 Å². The Morgan fingerprint density at radius 1 is 0.723 bits per heavy atom. The number of hydrogen-bond acceptors (Lipinski definition) is 4. The van der Waals surface area contributed by atoms with Crippen molar-refractivity contribution in [1.29, 1.82) is 0 Å². The normalized spacial score (nSPS) is 22.7. The van der Waals surface area contributed by atoms with Crippen LogP contribution < -0.4 is 0 Å². The number of carbonyl (C=O) groups excluding carboxylic acids is 1. The van der Waals surface area contributed by atoms with Crippen LogP contribution in [0, 0.1) is 11.8 Å². The van der Waals surface area contributed by atoms with Crippen molar-refractivity contribution >= 4 is 21.7 Å². The van der Waals surface area contributed by atoms with Crippen LogP contribution in [0.25, 0.3) is 11.1 Å². The second-order valence-electron chi connectivity index (χ2n) is 12.0. The topological polar surface area (TPSA) is 91.8 Å². The lowest BCUT2D eigenvalue weighted by atomic mass is 9.81. The Labute approximate surface area is 266 Å². The first-order valence-electron chi connectivity index (χ1n) is 14.8. The van der Waals surface area contributed by atoms with Crippen molar-refractivity contribution < 1.29 is 53.8 Å². The molecule has 2 fully saturated rings. The number of hydrogen-bond donors (Lipinski definition) is 1. The maximum absolute atomic E-state index is 14.8. The van der Waals surface area contributed by atoms with Gasteiger partial charge in [0.05, 0.1) is 10.8 Å². The third-order valence-corrected chi connectivity index (χ3v) is 11.8. The number of likely N-dealkylation sites (tertiary alicyclic amines) is 1. The van der Waals surface area contributed by atoms with E-state index in [1.54, 1.807) is 30.3 Å². The third-order valence-electron chi connectivity index (χ3n) is 9.35. The summed E-state index contributed by atoms with van der Waals surface area (Å²) < 4.78 is 122. The Morgan fingerprint density at radius 2 is 1.23 bits per heavy atom. The molecule has 1 atom stereocenters. The van der Waals surface area contributed by atoms with Crippen LogP contribution in [0.1, 0.15) is 43.2 Å². The second-order valence-corrected chi connectivity index (χ2v) is 14.3. The van der Waals surface area contributed by atoms with E-state index in [9.17, 15) is 53.8 Å². The molecular weight excluding hydrogens is 655 g/mol. The zero-order valence-electron chi connectivity index (χ0n) is 24.7. The summed E-state index contributed by atoms with van der Waals surface area (Å²) in [6.07, 6.45) is -11.9. The average Bonchev–Trinajstić information content (AvgIpc) is 3.51. The summed E-state index contributed by atoms with van der Waals surface area (Å²) in [5.41, 5.74) is -6.19. The van der Waals surface area contributed by atoms with E-state index in [4.69, 9.17) is 0 Å². The van der Waals surface area contributed by atoms with E-state index < -0.39 is 68.4 Å². The lowest BCUT2D eigenvalue weighted by molar-refractivity contribution is -0.348. The van der Waals surface area contributed by atoms with E-state index in [1.165, 1.54) is 17.0 Å². The summed E-state index contributed by atoms with van der Waals surface area (Å²) in [5, 5.41) is 9.30. The molecule has 1 heterocycles. The number of alkyl halides is 7. The number of rotatable bonds is 7. The maximum atomic E-state index is 14.8. The van der Waals surface area contributed by atoms with Gasteiger partial charge in [-0.2, -0.15) is 26.3 Å². The zero-order chi connectivity index (χ0) is 34.4. The Hall–Kier alpha value is -3.94. The summed E-state index contributed by atoms with van der Waals surface area (Å²) in [7, 11) is -4.48. The van der Waals surface area contributed by atoms with Crippen molar-refractivity contribution in [3.63, 3.8) is 0 Å². The van der Waals surface area contributed by atoms with E-state index in [1.807, 2.05) is 12.1 Å². The van der Waals surface area contributed by atoms with Gasteiger partial charge in [0.2, 0.25) is 5.91 Å². The molecule has 0 radical (unpaired) electrons. The number of nitrogens with zero attached hydrogens (tertiary/aromatic N) is 1. The van der Waals surface area contributed by atoms with E-state index >= 15 is 0 Å². The van der Waals surface area contributed by atoms with Gasteiger partial charge < -0.3 is 10.0 Å². The first-order chi connectivity index (χ1) is 21.9. The van der Waals surface area contributed by atoms with Gasteiger partial charge in [0, 0.05) is 24.6 Å². The van der Waals surface area contributed by atoms with E-state index in [0.717, 1.165) is 17.7 Å². The third kappa shape index (κ3) is 6.00. The first kappa shape index (κ1) is 34.4. The van der Waals surface area contributed by atoms with E-state index in [2.05, 4.69) is 0 Å². The number of sulfone groups is 1. The molecule has 0 aromatic heterocycles. The van der Waals surface area contributed by atoms with Gasteiger partial charge in [-0.3, -0.25) is 9.59 Å². The molecule has 0 spiro atoms. The largest absolute Gasteiger partial charge is 0.481 e. The van der Waals surface area contributed by atoms with Crippen LogP contribution in [-0.2, 0) is 29.8 Å². The van der Waals surface area contributed by atoms with Crippen LogP contribution in [-0.4, -0.2) is 55.7 Å². The molecule has 14 heteroatoms. The Morgan fingerprint density at radius 3 is 1.74 bits per heavy atom. The molecule has 1 aliphatic carbocycles. The predicted octanol–water partition coefficient (Wildman–Crippen LogP) is 7.44. The van der Waals surface area contributed by atoms with Crippen molar-refractivity contribution in [3.8, 4) is 11.1 Å². The van der Waals surface area contributed by atoms with Crippen LogP contribution >= 0.6 is 0 Å². The van der Waals surface area contributed by atoms with E-state index in [0.29, 0.717) is 5.56 Å². The maximum Gasteiger partial charge on any atom is 0.435 e. The number of carboxylic acids is 1. The van der Waals surface area contributed by atoms with Crippen molar-refractivity contribution in [2.45, 2.75) is 59.8 Å². The van der Waals surface area contributed by atoms with Crippen LogP contribution in [0.2, 0.25) is 0 Å². The number of carbonyl (C=O) groups is 2. The highest BCUT2D eigenvalue weighted by Crippen LogP contribution is 2.54. The molecular formula is C33H30F7NO5S. The molecule has 3 aromatic carbocycles. The molecule has 1 N–H and O–H groups in total. The number of aliphatic carboxylic acids is 1. The van der Waals surface area contributed by atoms with Crippen molar-refractivity contribution in [2.75, 3.05) is 13.1 Å². The van der Waals surface area contributed by atoms with Gasteiger partial charge in [0.1, 0.15) is 4.75 Å². The van der Waals surface area contributed by atoms with Gasteiger partial charge in [-0.1, -0.05) is 66.7 Å². The van der Waals surface area contributed by atoms with Gasteiger partial charge in [-0.15, -0.1) is 0 Å². The molecule has 5 rings (SSSR count). The fourth-order valence-electron chi connectivity index (χ4n) is 6.60. The molecule has 2 aliphatic rings. The summed E-state index contributed by atoms with van der Waals surface area (Å²) in [6, 6.07) is 16.8. The quantitative estimate of drug-likeness (QED) is 0.261. The van der Waals surface area contributed by atoms with Crippen LogP contribution in [0.5, 0.6) is 0 Å². The van der Waals surface area contributed by atoms with Gasteiger partial charge in [0.25, 0.3) is 0 Å². The zero-order valence-corrected chi connectivity index (χ0v) is 25.5.